The second-order valence-corrected chi connectivity index (χ2v) is 6.08. The van der Waals surface area contributed by atoms with Crippen molar-refractivity contribution in [3.05, 3.63) is 59.2 Å². The highest BCUT2D eigenvalue weighted by atomic mass is 32.2. The lowest BCUT2D eigenvalue weighted by molar-refractivity contribution is 0.414. The van der Waals surface area contributed by atoms with E-state index < -0.39 is 0 Å². The number of methoxy groups -OCH3 is 1. The van der Waals surface area contributed by atoms with Crippen LogP contribution in [0.2, 0.25) is 0 Å². The highest BCUT2D eigenvalue weighted by Crippen LogP contribution is 2.29. The van der Waals surface area contributed by atoms with Gasteiger partial charge in [-0.25, -0.2) is 0 Å². The molecule has 4 heteroatoms. The zero-order chi connectivity index (χ0) is 15.2. The molecule has 0 aliphatic heterocycles. The number of nitrogens with two attached hydrogens (primary N) is 1. The zero-order valence-electron chi connectivity index (χ0n) is 12.7. The molecule has 0 amide bonds. The van der Waals surface area contributed by atoms with E-state index in [0.717, 1.165) is 11.5 Å². The topological polar surface area (TPSA) is 47.3 Å². The van der Waals surface area contributed by atoms with E-state index in [9.17, 15) is 0 Å². The van der Waals surface area contributed by atoms with Crippen LogP contribution in [0.25, 0.3) is 0 Å². The lowest BCUT2D eigenvalue weighted by Crippen LogP contribution is -2.30. The molecule has 0 aromatic heterocycles. The van der Waals surface area contributed by atoms with Gasteiger partial charge in [-0.05, 0) is 48.7 Å². The normalized spacial score (nSPS) is 12.2. The van der Waals surface area contributed by atoms with Crippen molar-refractivity contribution < 1.29 is 4.74 Å². The Morgan fingerprint density at radius 3 is 2.52 bits per heavy atom. The highest BCUT2D eigenvalue weighted by molar-refractivity contribution is 7.99. The maximum Gasteiger partial charge on any atom is 0.119 e. The van der Waals surface area contributed by atoms with Gasteiger partial charge in [0.15, 0.2) is 0 Å². The fraction of sp³-hybridized carbons (Fsp3) is 0.294. The molecule has 2 aromatic rings. The van der Waals surface area contributed by atoms with E-state index in [1.807, 2.05) is 23.9 Å². The predicted molar refractivity (Wildman–Crippen MR) is 89.7 cm³/mol. The van der Waals surface area contributed by atoms with E-state index in [2.05, 4.69) is 49.6 Å². The summed E-state index contributed by atoms with van der Waals surface area (Å²) in [5, 5.41) is 0. The molecule has 3 N–H and O–H groups in total. The van der Waals surface area contributed by atoms with Gasteiger partial charge in [0.05, 0.1) is 13.2 Å². The molecule has 0 aliphatic rings. The summed E-state index contributed by atoms with van der Waals surface area (Å²) < 4.78 is 5.25. The first kappa shape index (κ1) is 15.9. The van der Waals surface area contributed by atoms with Crippen molar-refractivity contribution in [2.24, 2.45) is 5.84 Å². The third-order valence-corrected chi connectivity index (χ3v) is 4.82. The van der Waals surface area contributed by atoms with E-state index in [1.165, 1.54) is 21.6 Å². The lowest BCUT2D eigenvalue weighted by atomic mass is 10.0. The van der Waals surface area contributed by atoms with Crippen molar-refractivity contribution in [3.63, 3.8) is 0 Å². The third-order valence-electron chi connectivity index (χ3n) is 3.55. The molecule has 2 aromatic carbocycles. The first-order valence-corrected chi connectivity index (χ1v) is 7.93. The molecule has 1 unspecified atom stereocenters. The maximum absolute atomic E-state index is 5.75. The first-order chi connectivity index (χ1) is 10.2. The van der Waals surface area contributed by atoms with Gasteiger partial charge in [-0.1, -0.05) is 24.3 Å². The van der Waals surface area contributed by atoms with Crippen molar-refractivity contribution >= 4 is 11.8 Å². The Bertz CT molecular complexity index is 601. The SMILES string of the molecule is COc1ccc(C(CSc2ccccc2C)NN)c(C)c1. The number of aryl methyl sites for hydroxylation is 2. The van der Waals surface area contributed by atoms with Crippen LogP contribution in [0.5, 0.6) is 5.75 Å². The first-order valence-electron chi connectivity index (χ1n) is 6.94. The van der Waals surface area contributed by atoms with Crippen LogP contribution in [0.3, 0.4) is 0 Å². The quantitative estimate of drug-likeness (QED) is 0.486. The standard InChI is InChI=1S/C17H22N2OS/c1-12-6-4-5-7-17(12)21-11-16(19-18)15-9-8-14(20-3)10-13(15)2/h4-10,16,19H,11,18H2,1-3H3. The van der Waals surface area contributed by atoms with Gasteiger partial charge in [-0.2, -0.15) is 0 Å². The molecule has 0 saturated carbocycles. The van der Waals surface area contributed by atoms with Gasteiger partial charge in [0, 0.05) is 10.6 Å². The number of hydrazine groups is 1. The average Bonchev–Trinajstić information content (AvgIpc) is 2.50. The zero-order valence-corrected chi connectivity index (χ0v) is 13.5. The monoisotopic (exact) mass is 302 g/mol. The lowest BCUT2D eigenvalue weighted by Gasteiger charge is -2.19. The van der Waals surface area contributed by atoms with E-state index in [1.54, 1.807) is 7.11 Å². The van der Waals surface area contributed by atoms with Gasteiger partial charge >= 0.3 is 0 Å². The Morgan fingerprint density at radius 1 is 1.14 bits per heavy atom. The minimum Gasteiger partial charge on any atom is -0.497 e. The van der Waals surface area contributed by atoms with E-state index in [0.29, 0.717) is 0 Å². The molecule has 1 atom stereocenters. The summed E-state index contributed by atoms with van der Waals surface area (Å²) in [6.07, 6.45) is 0. The van der Waals surface area contributed by atoms with Crippen LogP contribution in [0.15, 0.2) is 47.4 Å². The number of rotatable bonds is 6. The molecule has 0 spiro atoms. The second-order valence-electron chi connectivity index (χ2n) is 5.02. The fourth-order valence-electron chi connectivity index (χ4n) is 2.29. The van der Waals surface area contributed by atoms with E-state index >= 15 is 0 Å². The molecule has 0 fully saturated rings. The third kappa shape index (κ3) is 4.00. The molecule has 0 radical (unpaired) electrons. The van der Waals surface area contributed by atoms with Crippen LogP contribution in [-0.4, -0.2) is 12.9 Å². The fourth-order valence-corrected chi connectivity index (χ4v) is 3.38. The number of thioether (sulfide) groups is 1. The molecule has 0 bridgehead atoms. The van der Waals surface area contributed by atoms with Crippen molar-refractivity contribution in [3.8, 4) is 5.75 Å². The molecule has 2 rings (SSSR count). The van der Waals surface area contributed by atoms with Crippen LogP contribution in [0.1, 0.15) is 22.7 Å². The van der Waals surface area contributed by atoms with Gasteiger partial charge in [-0.3, -0.25) is 11.3 Å². The minimum atomic E-state index is 0.112. The Kier molecular flexibility index (Phi) is 5.67. The Labute approximate surface area is 130 Å². The van der Waals surface area contributed by atoms with Crippen LogP contribution in [0, 0.1) is 13.8 Å². The summed E-state index contributed by atoms with van der Waals surface area (Å²) in [5.41, 5.74) is 6.61. The molecular weight excluding hydrogens is 280 g/mol. The van der Waals surface area contributed by atoms with Crippen LogP contribution in [-0.2, 0) is 0 Å². The van der Waals surface area contributed by atoms with E-state index in [-0.39, 0.29) is 6.04 Å². The van der Waals surface area contributed by atoms with Crippen LogP contribution >= 0.6 is 11.8 Å². The predicted octanol–water partition coefficient (Wildman–Crippen LogP) is 3.61. The van der Waals surface area contributed by atoms with Crippen molar-refractivity contribution in [2.45, 2.75) is 24.8 Å². The van der Waals surface area contributed by atoms with Gasteiger partial charge in [0.25, 0.3) is 0 Å². The number of hydrogen-bond acceptors (Lipinski definition) is 4. The largest absolute Gasteiger partial charge is 0.497 e. The van der Waals surface area contributed by atoms with Gasteiger partial charge in [0.1, 0.15) is 5.75 Å². The van der Waals surface area contributed by atoms with Crippen LogP contribution in [0.4, 0.5) is 0 Å². The second kappa shape index (κ2) is 7.50. The molecule has 0 aliphatic carbocycles. The number of hydrogen-bond donors (Lipinski definition) is 2. The minimum absolute atomic E-state index is 0.112. The Morgan fingerprint density at radius 2 is 1.90 bits per heavy atom. The average molecular weight is 302 g/mol. The smallest absolute Gasteiger partial charge is 0.119 e. The van der Waals surface area contributed by atoms with Crippen molar-refractivity contribution in [1.29, 1.82) is 0 Å². The Balaban J connectivity index is 2.11. The number of benzene rings is 2. The van der Waals surface area contributed by atoms with Crippen LogP contribution < -0.4 is 16.0 Å². The molecule has 0 heterocycles. The molecular formula is C17H22N2OS. The van der Waals surface area contributed by atoms with Gasteiger partial charge in [-0.15, -0.1) is 11.8 Å². The van der Waals surface area contributed by atoms with Gasteiger partial charge < -0.3 is 4.74 Å². The summed E-state index contributed by atoms with van der Waals surface area (Å²) in [6.45, 7) is 4.21. The summed E-state index contributed by atoms with van der Waals surface area (Å²) in [6, 6.07) is 14.6. The highest BCUT2D eigenvalue weighted by Gasteiger charge is 2.13. The van der Waals surface area contributed by atoms with Crippen molar-refractivity contribution in [1.82, 2.24) is 5.43 Å². The van der Waals surface area contributed by atoms with Gasteiger partial charge in [0.2, 0.25) is 0 Å². The molecule has 112 valence electrons. The maximum atomic E-state index is 5.75. The number of nitrogens with one attached hydrogen (secondary N) is 1. The summed E-state index contributed by atoms with van der Waals surface area (Å²) in [7, 11) is 1.68. The van der Waals surface area contributed by atoms with E-state index in [4.69, 9.17) is 10.6 Å². The Hall–Kier alpha value is -1.49. The summed E-state index contributed by atoms with van der Waals surface area (Å²) >= 11 is 1.82. The van der Waals surface area contributed by atoms with Crippen molar-refractivity contribution in [2.75, 3.05) is 12.9 Å². The number of ether oxygens (including phenoxy) is 1. The summed E-state index contributed by atoms with van der Waals surface area (Å²) in [5.74, 6) is 7.51. The molecule has 3 nitrogen and oxygen atoms in total. The molecule has 21 heavy (non-hydrogen) atoms. The summed E-state index contributed by atoms with van der Waals surface area (Å²) in [4.78, 5) is 1.30. The molecule has 0 saturated heterocycles.